The molecule has 1 aromatic heterocycles. The molecule has 2 rings (SSSR count). The number of rotatable bonds is 2. The van der Waals surface area contributed by atoms with Crippen LogP contribution in [0.5, 0.6) is 0 Å². The molecule has 0 spiro atoms. The molecule has 0 bridgehead atoms. The quantitative estimate of drug-likeness (QED) is 0.831. The summed E-state index contributed by atoms with van der Waals surface area (Å²) in [6.07, 6.45) is 0.264. The Bertz CT molecular complexity index is 554. The Morgan fingerprint density at radius 3 is 2.59 bits per heavy atom. The average Bonchev–Trinajstić information content (AvgIpc) is 2.63. The van der Waals surface area contributed by atoms with E-state index in [2.05, 4.69) is 5.10 Å². The van der Waals surface area contributed by atoms with E-state index in [4.69, 9.17) is 5.73 Å². The predicted molar refractivity (Wildman–Crippen MR) is 58.0 cm³/mol. The van der Waals surface area contributed by atoms with Crippen molar-refractivity contribution in [1.29, 1.82) is 0 Å². The maximum absolute atomic E-state index is 13.0. The Kier molecular flexibility index (Phi) is 2.81. The van der Waals surface area contributed by atoms with E-state index >= 15 is 0 Å². The van der Waals surface area contributed by atoms with Gasteiger partial charge in [0.05, 0.1) is 6.20 Å². The highest BCUT2D eigenvalue weighted by atomic mass is 19.2. The molecule has 90 valence electrons. The molecule has 3 N–H and O–H groups in total. The highest BCUT2D eigenvalue weighted by Crippen LogP contribution is 2.26. The molecule has 0 saturated heterocycles. The van der Waals surface area contributed by atoms with Crippen molar-refractivity contribution in [2.75, 3.05) is 5.73 Å². The van der Waals surface area contributed by atoms with Crippen LogP contribution in [-0.2, 0) is 7.05 Å². The molecule has 2 aromatic rings. The topological polar surface area (TPSA) is 64.1 Å². The number of nitrogen functional groups attached to an aromatic ring is 1. The van der Waals surface area contributed by atoms with E-state index in [1.165, 1.54) is 16.9 Å². The van der Waals surface area contributed by atoms with Crippen molar-refractivity contribution in [3.8, 4) is 0 Å². The number of aliphatic hydroxyl groups excluding tert-OH is 1. The van der Waals surface area contributed by atoms with Gasteiger partial charge < -0.3 is 10.8 Å². The van der Waals surface area contributed by atoms with Gasteiger partial charge in [0, 0.05) is 12.6 Å². The minimum atomic E-state index is -1.13. The van der Waals surface area contributed by atoms with Gasteiger partial charge in [-0.1, -0.05) is 6.07 Å². The van der Waals surface area contributed by atoms with Crippen LogP contribution in [0.3, 0.4) is 0 Å². The molecule has 0 amide bonds. The third-order valence-electron chi connectivity index (χ3n) is 2.57. The minimum absolute atomic E-state index is 0.226. The van der Waals surface area contributed by atoms with Gasteiger partial charge in [0.15, 0.2) is 11.6 Å². The first kappa shape index (κ1) is 11.5. The lowest BCUT2D eigenvalue weighted by Gasteiger charge is -2.10. The Morgan fingerprint density at radius 2 is 2.06 bits per heavy atom. The van der Waals surface area contributed by atoms with Crippen molar-refractivity contribution in [3.63, 3.8) is 0 Å². The Hall–Kier alpha value is -1.95. The second kappa shape index (κ2) is 4.14. The van der Waals surface area contributed by atoms with E-state index in [1.54, 1.807) is 7.05 Å². The van der Waals surface area contributed by atoms with Gasteiger partial charge in [-0.25, -0.2) is 8.78 Å². The summed E-state index contributed by atoms with van der Waals surface area (Å²) in [5.41, 5.74) is 6.27. The van der Waals surface area contributed by atoms with E-state index in [0.717, 1.165) is 12.1 Å². The number of halogens is 2. The summed E-state index contributed by atoms with van der Waals surface area (Å²) in [5, 5.41) is 13.8. The molecular weight excluding hydrogens is 228 g/mol. The monoisotopic (exact) mass is 239 g/mol. The smallest absolute Gasteiger partial charge is 0.159 e. The normalized spacial score (nSPS) is 12.7. The number of aliphatic hydroxyl groups is 1. The third-order valence-corrected chi connectivity index (χ3v) is 2.57. The summed E-state index contributed by atoms with van der Waals surface area (Å²) >= 11 is 0. The number of benzene rings is 1. The van der Waals surface area contributed by atoms with E-state index in [-0.39, 0.29) is 11.4 Å². The number of hydrogen-bond donors (Lipinski definition) is 2. The SMILES string of the molecule is Cn1ncc(C(O)c2ccc(F)c(F)c2)c1N. The second-order valence-electron chi connectivity index (χ2n) is 3.68. The molecule has 1 aromatic carbocycles. The summed E-state index contributed by atoms with van der Waals surface area (Å²) in [6, 6.07) is 3.20. The zero-order valence-electron chi connectivity index (χ0n) is 9.06. The lowest BCUT2D eigenvalue weighted by Crippen LogP contribution is -2.05. The molecule has 1 atom stereocenters. The van der Waals surface area contributed by atoms with Crippen LogP contribution in [0, 0.1) is 11.6 Å². The van der Waals surface area contributed by atoms with Crippen LogP contribution < -0.4 is 5.73 Å². The van der Waals surface area contributed by atoms with Crippen molar-refractivity contribution in [1.82, 2.24) is 9.78 Å². The van der Waals surface area contributed by atoms with Gasteiger partial charge in [-0.3, -0.25) is 4.68 Å². The van der Waals surface area contributed by atoms with Gasteiger partial charge in [-0.05, 0) is 17.7 Å². The van der Waals surface area contributed by atoms with Gasteiger partial charge in [-0.15, -0.1) is 0 Å². The summed E-state index contributed by atoms with van der Waals surface area (Å²) in [7, 11) is 1.62. The van der Waals surface area contributed by atoms with Crippen LogP contribution in [0.2, 0.25) is 0 Å². The largest absolute Gasteiger partial charge is 0.384 e. The highest BCUT2D eigenvalue weighted by molar-refractivity contribution is 5.44. The van der Waals surface area contributed by atoms with Gasteiger partial charge in [-0.2, -0.15) is 5.10 Å². The van der Waals surface area contributed by atoms with Gasteiger partial charge in [0.2, 0.25) is 0 Å². The Morgan fingerprint density at radius 1 is 1.35 bits per heavy atom. The fraction of sp³-hybridized carbons (Fsp3) is 0.182. The molecule has 1 unspecified atom stereocenters. The third kappa shape index (κ3) is 1.99. The molecular formula is C11H11F2N3O. The molecule has 1 heterocycles. The van der Waals surface area contributed by atoms with Crippen molar-refractivity contribution in [2.24, 2.45) is 7.05 Å². The predicted octanol–water partition coefficient (Wildman–Crippen LogP) is 1.36. The first-order valence-electron chi connectivity index (χ1n) is 4.91. The maximum atomic E-state index is 13.0. The Labute approximate surface area is 96.3 Å². The number of nitrogens with two attached hydrogens (primary N) is 1. The molecule has 17 heavy (non-hydrogen) atoms. The summed E-state index contributed by atoms with van der Waals surface area (Å²) in [6.45, 7) is 0. The van der Waals surface area contributed by atoms with Gasteiger partial charge >= 0.3 is 0 Å². The van der Waals surface area contributed by atoms with Gasteiger partial charge in [0.1, 0.15) is 11.9 Å². The number of aromatic nitrogens is 2. The second-order valence-corrected chi connectivity index (χ2v) is 3.68. The molecule has 4 nitrogen and oxygen atoms in total. The molecule has 0 aliphatic heterocycles. The highest BCUT2D eigenvalue weighted by Gasteiger charge is 2.18. The lowest BCUT2D eigenvalue weighted by atomic mass is 10.0. The summed E-state index contributed by atoms with van der Waals surface area (Å²) in [5.74, 6) is -1.69. The van der Waals surface area contributed by atoms with E-state index in [1.807, 2.05) is 0 Å². The molecule has 0 aliphatic carbocycles. The standard InChI is InChI=1S/C11H11F2N3O/c1-16-11(14)7(5-15-16)10(17)6-2-3-8(12)9(13)4-6/h2-5,10,17H,14H2,1H3. The van der Waals surface area contributed by atoms with Crippen molar-refractivity contribution >= 4 is 5.82 Å². The van der Waals surface area contributed by atoms with Crippen LogP contribution >= 0.6 is 0 Å². The van der Waals surface area contributed by atoms with Crippen molar-refractivity contribution in [3.05, 3.63) is 47.2 Å². The number of anilines is 1. The molecule has 0 aliphatic rings. The van der Waals surface area contributed by atoms with Crippen LogP contribution in [0.4, 0.5) is 14.6 Å². The first-order chi connectivity index (χ1) is 8.00. The van der Waals surface area contributed by atoms with Crippen LogP contribution in [0.15, 0.2) is 24.4 Å². The number of aryl methyl sites for hydroxylation is 1. The Balaban J connectivity index is 2.40. The van der Waals surface area contributed by atoms with E-state index in [9.17, 15) is 13.9 Å². The fourth-order valence-corrected chi connectivity index (χ4v) is 1.54. The number of hydrogen-bond acceptors (Lipinski definition) is 3. The van der Waals surface area contributed by atoms with Crippen LogP contribution in [-0.4, -0.2) is 14.9 Å². The first-order valence-corrected chi connectivity index (χ1v) is 4.91. The van der Waals surface area contributed by atoms with Crippen molar-refractivity contribution < 1.29 is 13.9 Å². The van der Waals surface area contributed by atoms with Crippen LogP contribution in [0.1, 0.15) is 17.2 Å². The zero-order valence-corrected chi connectivity index (χ0v) is 9.06. The minimum Gasteiger partial charge on any atom is -0.384 e. The molecule has 0 saturated carbocycles. The van der Waals surface area contributed by atoms with Gasteiger partial charge in [0.25, 0.3) is 0 Å². The molecule has 0 radical (unpaired) electrons. The average molecular weight is 239 g/mol. The molecule has 0 fully saturated rings. The fourth-order valence-electron chi connectivity index (χ4n) is 1.54. The number of nitrogens with zero attached hydrogens (tertiary/aromatic N) is 2. The zero-order chi connectivity index (χ0) is 12.6. The maximum Gasteiger partial charge on any atom is 0.159 e. The molecule has 6 heteroatoms. The van der Waals surface area contributed by atoms with Crippen molar-refractivity contribution in [2.45, 2.75) is 6.10 Å². The van der Waals surface area contributed by atoms with E-state index in [0.29, 0.717) is 5.56 Å². The van der Waals surface area contributed by atoms with E-state index < -0.39 is 17.7 Å². The lowest BCUT2D eigenvalue weighted by molar-refractivity contribution is 0.220. The van der Waals surface area contributed by atoms with Crippen LogP contribution in [0.25, 0.3) is 0 Å². The summed E-state index contributed by atoms with van der Waals surface area (Å²) in [4.78, 5) is 0. The summed E-state index contributed by atoms with van der Waals surface area (Å²) < 4.78 is 27.2.